The highest BCUT2D eigenvalue weighted by molar-refractivity contribution is 5.84. The number of hydrogen-bond donors (Lipinski definition) is 1. The molecule has 0 fully saturated rings. The minimum absolute atomic E-state index is 0.385. The van der Waals surface area contributed by atoms with Crippen LogP contribution in [0.3, 0.4) is 0 Å². The smallest absolute Gasteiger partial charge is 0.153 e. The molecule has 0 aliphatic heterocycles. The van der Waals surface area contributed by atoms with Gasteiger partial charge in [-0.3, -0.25) is 4.79 Å². The van der Waals surface area contributed by atoms with Gasteiger partial charge in [0.2, 0.25) is 0 Å². The van der Waals surface area contributed by atoms with Crippen molar-refractivity contribution in [2.24, 2.45) is 0 Å². The van der Waals surface area contributed by atoms with Crippen LogP contribution in [0.5, 0.6) is 11.5 Å². The summed E-state index contributed by atoms with van der Waals surface area (Å²) in [5.74, 6) is 0.927. The number of carbonyl (C=O) groups excluding carboxylic acids is 1. The summed E-state index contributed by atoms with van der Waals surface area (Å²) in [6.45, 7) is 0. The van der Waals surface area contributed by atoms with Gasteiger partial charge in [-0.05, 0) is 6.07 Å². The Kier molecular flexibility index (Phi) is 2.74. The fourth-order valence-corrected chi connectivity index (χ4v) is 1.09. The molecule has 0 saturated heterocycles. The summed E-state index contributed by atoms with van der Waals surface area (Å²) >= 11 is 0. The Labute approximate surface area is 76.3 Å². The molecule has 0 spiro atoms. The molecule has 0 bridgehead atoms. The Balaban J connectivity index is 3.28. The van der Waals surface area contributed by atoms with Crippen molar-refractivity contribution in [3.63, 3.8) is 0 Å². The van der Waals surface area contributed by atoms with Crippen LogP contribution < -0.4 is 15.2 Å². The predicted molar refractivity (Wildman–Crippen MR) is 49.3 cm³/mol. The number of ether oxygens (including phenoxy) is 2. The molecule has 1 aromatic rings. The molecule has 2 N–H and O–H groups in total. The lowest BCUT2D eigenvalue weighted by Gasteiger charge is -2.08. The van der Waals surface area contributed by atoms with Gasteiger partial charge in [0.15, 0.2) is 12.0 Å². The van der Waals surface area contributed by atoms with E-state index in [-0.39, 0.29) is 0 Å². The maximum atomic E-state index is 10.6. The lowest BCUT2D eigenvalue weighted by Crippen LogP contribution is -1.98. The third-order valence-corrected chi connectivity index (χ3v) is 1.69. The molecular formula is C9H11NO3. The second-order valence-electron chi connectivity index (χ2n) is 2.46. The van der Waals surface area contributed by atoms with Crippen molar-refractivity contribution in [3.05, 3.63) is 17.7 Å². The van der Waals surface area contributed by atoms with Crippen molar-refractivity contribution in [2.75, 3.05) is 20.0 Å². The molecule has 0 unspecified atom stereocenters. The number of rotatable bonds is 3. The van der Waals surface area contributed by atoms with E-state index in [1.165, 1.54) is 14.2 Å². The first-order chi connectivity index (χ1) is 6.22. The number of nitrogen functional groups attached to an aromatic ring is 1. The van der Waals surface area contributed by atoms with Gasteiger partial charge in [-0.15, -0.1) is 0 Å². The molecule has 1 aromatic carbocycles. The fourth-order valence-electron chi connectivity index (χ4n) is 1.09. The van der Waals surface area contributed by atoms with Crippen molar-refractivity contribution in [1.29, 1.82) is 0 Å². The number of aldehydes is 1. The number of methoxy groups -OCH3 is 2. The van der Waals surface area contributed by atoms with E-state index < -0.39 is 0 Å². The molecule has 0 saturated carbocycles. The zero-order chi connectivity index (χ0) is 9.84. The quantitative estimate of drug-likeness (QED) is 0.560. The molecular weight excluding hydrogens is 170 g/mol. The van der Waals surface area contributed by atoms with Crippen LogP contribution in [-0.4, -0.2) is 20.5 Å². The zero-order valence-electron chi connectivity index (χ0n) is 7.53. The largest absolute Gasteiger partial charge is 0.497 e. The standard InChI is InChI=1S/C9H11NO3/c1-12-7-3-6(5-11)9(13-2)8(10)4-7/h3-5H,10H2,1-2H3. The Hall–Kier alpha value is -1.71. The second-order valence-corrected chi connectivity index (χ2v) is 2.46. The van der Waals surface area contributed by atoms with Crippen LogP contribution in [-0.2, 0) is 0 Å². The van der Waals surface area contributed by atoms with Crippen molar-refractivity contribution in [2.45, 2.75) is 0 Å². The van der Waals surface area contributed by atoms with Gasteiger partial charge in [0.1, 0.15) is 5.75 Å². The topological polar surface area (TPSA) is 61.6 Å². The van der Waals surface area contributed by atoms with E-state index in [0.29, 0.717) is 29.0 Å². The monoisotopic (exact) mass is 181 g/mol. The van der Waals surface area contributed by atoms with Gasteiger partial charge in [0, 0.05) is 6.07 Å². The first-order valence-corrected chi connectivity index (χ1v) is 3.69. The highest BCUT2D eigenvalue weighted by Gasteiger charge is 2.08. The Bertz CT molecular complexity index is 323. The summed E-state index contributed by atoms with van der Waals surface area (Å²) in [5.41, 5.74) is 6.40. The Morgan fingerprint density at radius 2 is 2.00 bits per heavy atom. The van der Waals surface area contributed by atoms with Gasteiger partial charge in [-0.1, -0.05) is 0 Å². The van der Waals surface area contributed by atoms with E-state index in [1.807, 2.05) is 0 Å². The van der Waals surface area contributed by atoms with Crippen LogP contribution in [0, 0.1) is 0 Å². The van der Waals surface area contributed by atoms with Gasteiger partial charge in [-0.25, -0.2) is 0 Å². The molecule has 0 aliphatic carbocycles. The van der Waals surface area contributed by atoms with Crippen LogP contribution in [0.4, 0.5) is 5.69 Å². The molecule has 0 radical (unpaired) electrons. The SMILES string of the molecule is COc1cc(N)c(OC)c(C=O)c1. The lowest BCUT2D eigenvalue weighted by atomic mass is 10.2. The van der Waals surface area contributed by atoms with Gasteiger partial charge in [0.25, 0.3) is 0 Å². The summed E-state index contributed by atoms with van der Waals surface area (Å²) in [7, 11) is 2.97. The lowest BCUT2D eigenvalue weighted by molar-refractivity contribution is 0.112. The first kappa shape index (κ1) is 9.38. The molecule has 13 heavy (non-hydrogen) atoms. The number of benzene rings is 1. The van der Waals surface area contributed by atoms with Gasteiger partial charge in [-0.2, -0.15) is 0 Å². The van der Waals surface area contributed by atoms with E-state index in [9.17, 15) is 4.79 Å². The minimum Gasteiger partial charge on any atom is -0.497 e. The number of nitrogens with two attached hydrogens (primary N) is 1. The third kappa shape index (κ3) is 1.72. The molecule has 70 valence electrons. The van der Waals surface area contributed by atoms with E-state index in [1.54, 1.807) is 12.1 Å². The maximum Gasteiger partial charge on any atom is 0.153 e. The number of anilines is 1. The molecule has 0 aromatic heterocycles. The molecule has 0 heterocycles. The van der Waals surface area contributed by atoms with E-state index in [2.05, 4.69) is 0 Å². The van der Waals surface area contributed by atoms with Crippen LogP contribution in [0.1, 0.15) is 10.4 Å². The van der Waals surface area contributed by atoms with Crippen molar-refractivity contribution < 1.29 is 14.3 Å². The third-order valence-electron chi connectivity index (χ3n) is 1.69. The number of hydrogen-bond acceptors (Lipinski definition) is 4. The van der Waals surface area contributed by atoms with Crippen molar-refractivity contribution in [3.8, 4) is 11.5 Å². The van der Waals surface area contributed by atoms with Crippen LogP contribution in [0.25, 0.3) is 0 Å². The highest BCUT2D eigenvalue weighted by atomic mass is 16.5. The maximum absolute atomic E-state index is 10.6. The normalized spacial score (nSPS) is 9.38. The molecule has 0 atom stereocenters. The zero-order valence-corrected chi connectivity index (χ0v) is 7.53. The van der Waals surface area contributed by atoms with E-state index in [0.717, 1.165) is 0 Å². The molecule has 4 nitrogen and oxygen atoms in total. The highest BCUT2D eigenvalue weighted by Crippen LogP contribution is 2.29. The van der Waals surface area contributed by atoms with Crippen molar-refractivity contribution >= 4 is 12.0 Å². The Morgan fingerprint density at radius 1 is 1.31 bits per heavy atom. The summed E-state index contributed by atoms with van der Waals surface area (Å²) < 4.78 is 9.90. The summed E-state index contributed by atoms with van der Waals surface area (Å²) in [6.07, 6.45) is 0.678. The van der Waals surface area contributed by atoms with Crippen LogP contribution in [0.2, 0.25) is 0 Å². The summed E-state index contributed by atoms with van der Waals surface area (Å²) in [6, 6.07) is 3.17. The van der Waals surface area contributed by atoms with Gasteiger partial charge >= 0.3 is 0 Å². The second kappa shape index (κ2) is 3.80. The Morgan fingerprint density at radius 3 is 2.46 bits per heavy atom. The molecule has 0 amide bonds. The van der Waals surface area contributed by atoms with Crippen molar-refractivity contribution in [1.82, 2.24) is 0 Å². The summed E-state index contributed by atoms with van der Waals surface area (Å²) in [5, 5.41) is 0. The predicted octanol–water partition coefficient (Wildman–Crippen LogP) is 1.10. The first-order valence-electron chi connectivity index (χ1n) is 3.69. The summed E-state index contributed by atoms with van der Waals surface area (Å²) in [4.78, 5) is 10.6. The van der Waals surface area contributed by atoms with Crippen LogP contribution in [0.15, 0.2) is 12.1 Å². The van der Waals surface area contributed by atoms with Gasteiger partial charge in [0.05, 0.1) is 25.5 Å². The average molecular weight is 181 g/mol. The van der Waals surface area contributed by atoms with Crippen LogP contribution >= 0.6 is 0 Å². The van der Waals surface area contributed by atoms with E-state index in [4.69, 9.17) is 15.2 Å². The average Bonchev–Trinajstić information content (AvgIpc) is 2.16. The van der Waals surface area contributed by atoms with E-state index >= 15 is 0 Å². The fraction of sp³-hybridized carbons (Fsp3) is 0.222. The van der Waals surface area contributed by atoms with Gasteiger partial charge < -0.3 is 15.2 Å². The molecule has 1 rings (SSSR count). The molecule has 4 heteroatoms. The number of carbonyl (C=O) groups is 1. The molecule has 0 aliphatic rings. The minimum atomic E-state index is 0.385.